The summed E-state index contributed by atoms with van der Waals surface area (Å²) in [6, 6.07) is 5.01. The second-order valence-corrected chi connectivity index (χ2v) is 6.50. The van der Waals surface area contributed by atoms with Gasteiger partial charge in [0.1, 0.15) is 5.82 Å². The highest BCUT2D eigenvalue weighted by Crippen LogP contribution is 2.24. The average Bonchev–Trinajstić information content (AvgIpc) is 2.39. The SMILES string of the molecule is CCNC1CCCN(c2ccc(C(C)(C)C)cn2)C1. The molecule has 1 atom stereocenters. The number of rotatable bonds is 3. The predicted octanol–water partition coefficient (Wildman–Crippen LogP) is 2.96. The molecule has 3 nitrogen and oxygen atoms in total. The first-order chi connectivity index (χ1) is 9.00. The molecule has 3 heteroatoms. The van der Waals surface area contributed by atoms with Crippen LogP contribution in [0.2, 0.25) is 0 Å². The number of aromatic nitrogens is 1. The molecule has 0 aliphatic carbocycles. The third kappa shape index (κ3) is 3.69. The number of hydrogen-bond donors (Lipinski definition) is 1. The minimum atomic E-state index is 0.180. The van der Waals surface area contributed by atoms with Crippen LogP contribution in [0.4, 0.5) is 5.82 Å². The van der Waals surface area contributed by atoms with E-state index in [0.29, 0.717) is 6.04 Å². The van der Waals surface area contributed by atoms with Gasteiger partial charge in [0.05, 0.1) is 0 Å². The highest BCUT2D eigenvalue weighted by atomic mass is 15.2. The number of nitrogens with one attached hydrogen (secondary N) is 1. The molecule has 19 heavy (non-hydrogen) atoms. The van der Waals surface area contributed by atoms with Crippen molar-refractivity contribution in [1.82, 2.24) is 10.3 Å². The normalized spacial score (nSPS) is 20.6. The smallest absolute Gasteiger partial charge is 0.128 e. The summed E-state index contributed by atoms with van der Waals surface area (Å²) in [5, 5.41) is 3.55. The molecule has 0 saturated carbocycles. The molecule has 1 fully saturated rings. The summed E-state index contributed by atoms with van der Waals surface area (Å²) in [6.45, 7) is 12.1. The Morgan fingerprint density at radius 1 is 1.37 bits per heavy atom. The lowest BCUT2D eigenvalue weighted by Crippen LogP contribution is -2.46. The summed E-state index contributed by atoms with van der Waals surface area (Å²) in [6.07, 6.45) is 4.57. The van der Waals surface area contributed by atoms with Crippen LogP contribution >= 0.6 is 0 Å². The summed E-state index contributed by atoms with van der Waals surface area (Å²) in [7, 11) is 0. The van der Waals surface area contributed by atoms with Crippen LogP contribution in [-0.4, -0.2) is 30.7 Å². The molecule has 0 spiro atoms. The Morgan fingerprint density at radius 2 is 2.16 bits per heavy atom. The van der Waals surface area contributed by atoms with Crippen LogP contribution in [0.3, 0.4) is 0 Å². The number of pyridine rings is 1. The largest absolute Gasteiger partial charge is 0.355 e. The maximum atomic E-state index is 4.66. The number of anilines is 1. The van der Waals surface area contributed by atoms with Crippen LogP contribution in [0, 0.1) is 0 Å². The van der Waals surface area contributed by atoms with Crippen molar-refractivity contribution in [1.29, 1.82) is 0 Å². The second kappa shape index (κ2) is 5.91. The highest BCUT2D eigenvalue weighted by molar-refractivity contribution is 5.41. The third-order valence-corrected chi connectivity index (χ3v) is 3.85. The molecule has 1 aromatic heterocycles. The zero-order valence-corrected chi connectivity index (χ0v) is 12.7. The van der Waals surface area contributed by atoms with Crippen molar-refractivity contribution in [2.45, 2.75) is 52.0 Å². The summed E-state index contributed by atoms with van der Waals surface area (Å²) in [5.41, 5.74) is 1.48. The molecule has 0 bridgehead atoms. The Hall–Kier alpha value is -1.09. The van der Waals surface area contributed by atoms with E-state index in [1.165, 1.54) is 18.4 Å². The Kier molecular flexibility index (Phi) is 4.46. The number of hydrogen-bond acceptors (Lipinski definition) is 3. The van der Waals surface area contributed by atoms with E-state index in [-0.39, 0.29) is 5.41 Å². The first-order valence-corrected chi connectivity index (χ1v) is 7.45. The van der Waals surface area contributed by atoms with Gasteiger partial charge in [-0.15, -0.1) is 0 Å². The summed E-state index contributed by atoms with van der Waals surface area (Å²) in [4.78, 5) is 7.07. The van der Waals surface area contributed by atoms with Crippen molar-refractivity contribution >= 4 is 5.82 Å². The topological polar surface area (TPSA) is 28.2 Å². The number of piperidine rings is 1. The van der Waals surface area contributed by atoms with E-state index in [9.17, 15) is 0 Å². The van der Waals surface area contributed by atoms with Crippen LogP contribution in [0.25, 0.3) is 0 Å². The molecule has 1 unspecified atom stereocenters. The van der Waals surface area contributed by atoms with E-state index in [4.69, 9.17) is 0 Å². The van der Waals surface area contributed by atoms with Gasteiger partial charge in [0.2, 0.25) is 0 Å². The lowest BCUT2D eigenvalue weighted by molar-refractivity contribution is 0.429. The fourth-order valence-corrected chi connectivity index (χ4v) is 2.66. The van der Waals surface area contributed by atoms with Crippen molar-refractivity contribution < 1.29 is 0 Å². The van der Waals surface area contributed by atoms with Crippen LogP contribution in [-0.2, 0) is 5.41 Å². The minimum absolute atomic E-state index is 0.180. The van der Waals surface area contributed by atoms with Gasteiger partial charge >= 0.3 is 0 Å². The van der Waals surface area contributed by atoms with Crippen molar-refractivity contribution in [3.63, 3.8) is 0 Å². The van der Waals surface area contributed by atoms with Crippen molar-refractivity contribution in [2.75, 3.05) is 24.5 Å². The molecular formula is C16H27N3. The molecule has 106 valence electrons. The molecule has 2 rings (SSSR count). The second-order valence-electron chi connectivity index (χ2n) is 6.50. The third-order valence-electron chi connectivity index (χ3n) is 3.85. The van der Waals surface area contributed by atoms with Gasteiger partial charge in [-0.25, -0.2) is 4.98 Å². The summed E-state index contributed by atoms with van der Waals surface area (Å²) >= 11 is 0. The van der Waals surface area contributed by atoms with Crippen molar-refractivity contribution in [3.05, 3.63) is 23.9 Å². The molecule has 1 aliphatic heterocycles. The molecule has 0 radical (unpaired) electrons. The minimum Gasteiger partial charge on any atom is -0.355 e. The quantitative estimate of drug-likeness (QED) is 0.906. The van der Waals surface area contributed by atoms with Gasteiger partial charge in [-0.3, -0.25) is 0 Å². The van der Waals surface area contributed by atoms with E-state index in [0.717, 1.165) is 25.5 Å². The monoisotopic (exact) mass is 261 g/mol. The fraction of sp³-hybridized carbons (Fsp3) is 0.688. The lowest BCUT2D eigenvalue weighted by Gasteiger charge is -2.34. The summed E-state index contributed by atoms with van der Waals surface area (Å²) < 4.78 is 0. The van der Waals surface area contributed by atoms with Crippen LogP contribution in [0.1, 0.15) is 46.1 Å². The zero-order chi connectivity index (χ0) is 13.9. The van der Waals surface area contributed by atoms with Crippen molar-refractivity contribution in [2.24, 2.45) is 0 Å². The molecule has 1 N–H and O–H groups in total. The average molecular weight is 261 g/mol. The van der Waals surface area contributed by atoms with E-state index >= 15 is 0 Å². The Balaban J connectivity index is 2.05. The van der Waals surface area contributed by atoms with Gasteiger partial charge in [-0.2, -0.15) is 0 Å². The number of likely N-dealkylation sites (N-methyl/N-ethyl adjacent to an activating group) is 1. The van der Waals surface area contributed by atoms with Crippen molar-refractivity contribution in [3.8, 4) is 0 Å². The summed E-state index contributed by atoms with van der Waals surface area (Å²) in [5.74, 6) is 1.12. The van der Waals surface area contributed by atoms with Gasteiger partial charge in [-0.1, -0.05) is 33.8 Å². The highest BCUT2D eigenvalue weighted by Gasteiger charge is 2.20. The lowest BCUT2D eigenvalue weighted by atomic mass is 9.88. The van der Waals surface area contributed by atoms with E-state index in [2.05, 4.69) is 55.0 Å². The Bertz CT molecular complexity index is 389. The van der Waals surface area contributed by atoms with E-state index in [1.54, 1.807) is 0 Å². The van der Waals surface area contributed by atoms with E-state index < -0.39 is 0 Å². The molecular weight excluding hydrogens is 234 g/mol. The molecule has 1 saturated heterocycles. The van der Waals surface area contributed by atoms with Crippen LogP contribution < -0.4 is 10.2 Å². The van der Waals surface area contributed by atoms with Gasteiger partial charge in [0.15, 0.2) is 0 Å². The molecule has 0 amide bonds. The van der Waals surface area contributed by atoms with E-state index in [1.807, 2.05) is 6.20 Å². The predicted molar refractivity (Wildman–Crippen MR) is 81.8 cm³/mol. The molecule has 2 heterocycles. The fourth-order valence-electron chi connectivity index (χ4n) is 2.66. The van der Waals surface area contributed by atoms with Gasteiger partial charge in [0.25, 0.3) is 0 Å². The first-order valence-electron chi connectivity index (χ1n) is 7.45. The molecule has 1 aromatic rings. The first kappa shape index (κ1) is 14.3. The molecule has 0 aromatic carbocycles. The van der Waals surface area contributed by atoms with Gasteiger partial charge in [0, 0.05) is 25.3 Å². The Labute approximate surface area is 117 Å². The standard InChI is InChI=1S/C16H27N3/c1-5-17-14-7-6-10-19(12-14)15-9-8-13(11-18-15)16(2,3)4/h8-9,11,14,17H,5-7,10,12H2,1-4H3. The van der Waals surface area contributed by atoms with Gasteiger partial charge in [-0.05, 0) is 36.4 Å². The maximum Gasteiger partial charge on any atom is 0.128 e. The van der Waals surface area contributed by atoms with Gasteiger partial charge < -0.3 is 10.2 Å². The maximum absolute atomic E-state index is 4.66. The number of nitrogens with zero attached hydrogens (tertiary/aromatic N) is 2. The molecule has 1 aliphatic rings. The Morgan fingerprint density at radius 3 is 2.74 bits per heavy atom. The van der Waals surface area contributed by atoms with Crippen LogP contribution in [0.5, 0.6) is 0 Å². The zero-order valence-electron chi connectivity index (χ0n) is 12.7. The van der Waals surface area contributed by atoms with Crippen LogP contribution in [0.15, 0.2) is 18.3 Å².